The quantitative estimate of drug-likeness (QED) is 0.823. The zero-order valence-electron chi connectivity index (χ0n) is 10.1. The van der Waals surface area contributed by atoms with E-state index in [0.717, 1.165) is 19.6 Å². The van der Waals surface area contributed by atoms with Gasteiger partial charge in [-0.1, -0.05) is 6.92 Å². The Hall–Kier alpha value is -0.870. The molecule has 1 aromatic heterocycles. The number of nitrogens with zero attached hydrogens (tertiary/aromatic N) is 3. The lowest BCUT2D eigenvalue weighted by molar-refractivity contribution is 0.251. The lowest BCUT2D eigenvalue weighted by Gasteiger charge is -2.23. The van der Waals surface area contributed by atoms with Gasteiger partial charge in [0.25, 0.3) is 0 Å². The first-order valence-corrected chi connectivity index (χ1v) is 6.31. The summed E-state index contributed by atoms with van der Waals surface area (Å²) in [5.41, 5.74) is 0. The summed E-state index contributed by atoms with van der Waals surface area (Å²) < 4.78 is 2.01. The number of hydrogen-bond donors (Lipinski definition) is 1. The van der Waals surface area contributed by atoms with Crippen molar-refractivity contribution in [3.8, 4) is 0 Å². The highest BCUT2D eigenvalue weighted by molar-refractivity contribution is 4.79. The van der Waals surface area contributed by atoms with E-state index in [2.05, 4.69) is 22.2 Å². The fourth-order valence-electron chi connectivity index (χ4n) is 2.23. The molecule has 0 radical (unpaired) electrons. The monoisotopic (exact) mass is 222 g/mol. The fraction of sp³-hybridized carbons (Fsp3) is 0.750. The van der Waals surface area contributed by atoms with Gasteiger partial charge in [0.1, 0.15) is 0 Å². The standard InChI is InChI=1S/C12H22N4/c1-2-12-11-15(7-3-5-13-12)9-10-16-8-4-6-14-16/h4,6,8,12-13H,2-3,5,7,9-11H2,1H3. The largest absolute Gasteiger partial charge is 0.313 e. The molecule has 1 aliphatic rings. The van der Waals surface area contributed by atoms with Crippen LogP contribution >= 0.6 is 0 Å². The molecule has 0 spiro atoms. The molecule has 0 saturated carbocycles. The summed E-state index contributed by atoms with van der Waals surface area (Å²) in [6.07, 6.45) is 6.36. The van der Waals surface area contributed by atoms with Crippen molar-refractivity contribution in [1.82, 2.24) is 20.0 Å². The summed E-state index contributed by atoms with van der Waals surface area (Å²) >= 11 is 0. The zero-order valence-corrected chi connectivity index (χ0v) is 10.1. The Labute approximate surface area is 97.6 Å². The van der Waals surface area contributed by atoms with Crippen LogP contribution in [0.1, 0.15) is 19.8 Å². The van der Waals surface area contributed by atoms with Gasteiger partial charge in [0.2, 0.25) is 0 Å². The van der Waals surface area contributed by atoms with E-state index in [0.29, 0.717) is 6.04 Å². The highest BCUT2D eigenvalue weighted by Crippen LogP contribution is 2.03. The van der Waals surface area contributed by atoms with Crippen LogP contribution < -0.4 is 5.32 Å². The van der Waals surface area contributed by atoms with Gasteiger partial charge in [-0.15, -0.1) is 0 Å². The van der Waals surface area contributed by atoms with Gasteiger partial charge >= 0.3 is 0 Å². The van der Waals surface area contributed by atoms with Gasteiger partial charge in [0.15, 0.2) is 0 Å². The first-order valence-electron chi connectivity index (χ1n) is 6.31. The Morgan fingerprint density at radius 1 is 1.44 bits per heavy atom. The molecule has 1 saturated heterocycles. The maximum atomic E-state index is 4.24. The van der Waals surface area contributed by atoms with Crippen LogP contribution in [0, 0.1) is 0 Å². The molecule has 1 fully saturated rings. The van der Waals surface area contributed by atoms with Gasteiger partial charge in [-0.2, -0.15) is 5.10 Å². The predicted octanol–water partition coefficient (Wildman–Crippen LogP) is 0.957. The van der Waals surface area contributed by atoms with Crippen molar-refractivity contribution in [2.24, 2.45) is 0 Å². The van der Waals surface area contributed by atoms with Crippen molar-refractivity contribution in [3.63, 3.8) is 0 Å². The van der Waals surface area contributed by atoms with Crippen molar-refractivity contribution in [1.29, 1.82) is 0 Å². The molecule has 90 valence electrons. The lowest BCUT2D eigenvalue weighted by Crippen LogP contribution is -2.38. The van der Waals surface area contributed by atoms with Crippen molar-refractivity contribution < 1.29 is 0 Å². The summed E-state index contributed by atoms with van der Waals surface area (Å²) in [5, 5.41) is 7.83. The summed E-state index contributed by atoms with van der Waals surface area (Å²) in [5.74, 6) is 0. The van der Waals surface area contributed by atoms with Crippen LogP contribution in [-0.2, 0) is 6.54 Å². The van der Waals surface area contributed by atoms with E-state index in [9.17, 15) is 0 Å². The normalized spacial score (nSPS) is 23.2. The maximum Gasteiger partial charge on any atom is 0.0536 e. The number of rotatable bonds is 4. The SMILES string of the molecule is CCC1CN(CCn2cccn2)CCCN1. The van der Waals surface area contributed by atoms with Crippen LogP contribution in [0.25, 0.3) is 0 Å². The Morgan fingerprint density at radius 3 is 3.12 bits per heavy atom. The smallest absolute Gasteiger partial charge is 0.0536 e. The van der Waals surface area contributed by atoms with Crippen LogP contribution in [0.15, 0.2) is 18.5 Å². The molecule has 0 aromatic carbocycles. The van der Waals surface area contributed by atoms with Gasteiger partial charge in [-0.3, -0.25) is 9.58 Å². The molecule has 0 aliphatic carbocycles. The van der Waals surface area contributed by atoms with Gasteiger partial charge in [0, 0.05) is 31.5 Å². The lowest BCUT2D eigenvalue weighted by atomic mass is 10.2. The molecular formula is C12H22N4. The molecule has 1 N–H and O–H groups in total. The molecule has 2 heterocycles. The minimum absolute atomic E-state index is 0.667. The van der Waals surface area contributed by atoms with E-state index in [1.54, 1.807) is 0 Å². The molecule has 1 unspecified atom stereocenters. The molecule has 1 aromatic rings. The van der Waals surface area contributed by atoms with E-state index in [4.69, 9.17) is 0 Å². The first kappa shape index (κ1) is 11.6. The average molecular weight is 222 g/mol. The summed E-state index contributed by atoms with van der Waals surface area (Å²) in [4.78, 5) is 2.55. The Morgan fingerprint density at radius 2 is 2.38 bits per heavy atom. The summed E-state index contributed by atoms with van der Waals surface area (Å²) in [6.45, 7) is 7.93. The van der Waals surface area contributed by atoms with Crippen molar-refractivity contribution in [2.75, 3.05) is 26.2 Å². The fourth-order valence-corrected chi connectivity index (χ4v) is 2.23. The van der Waals surface area contributed by atoms with Gasteiger partial charge in [-0.25, -0.2) is 0 Å². The second kappa shape index (κ2) is 6.01. The molecule has 0 amide bonds. The molecular weight excluding hydrogens is 200 g/mol. The van der Waals surface area contributed by atoms with E-state index in [-0.39, 0.29) is 0 Å². The van der Waals surface area contributed by atoms with Crippen molar-refractivity contribution in [2.45, 2.75) is 32.4 Å². The van der Waals surface area contributed by atoms with E-state index >= 15 is 0 Å². The van der Waals surface area contributed by atoms with Crippen LogP contribution in [0.3, 0.4) is 0 Å². The Balaban J connectivity index is 1.79. The molecule has 4 nitrogen and oxygen atoms in total. The number of aromatic nitrogens is 2. The third-order valence-electron chi connectivity index (χ3n) is 3.26. The van der Waals surface area contributed by atoms with Gasteiger partial charge < -0.3 is 5.32 Å². The molecule has 1 atom stereocenters. The van der Waals surface area contributed by atoms with Gasteiger partial charge in [0.05, 0.1) is 6.54 Å². The molecule has 2 rings (SSSR count). The molecule has 0 bridgehead atoms. The van der Waals surface area contributed by atoms with Crippen LogP contribution in [-0.4, -0.2) is 46.9 Å². The predicted molar refractivity (Wildman–Crippen MR) is 65.4 cm³/mol. The average Bonchev–Trinajstić information content (AvgIpc) is 2.71. The first-order chi connectivity index (χ1) is 7.88. The maximum absolute atomic E-state index is 4.24. The highest BCUT2D eigenvalue weighted by Gasteiger charge is 2.15. The summed E-state index contributed by atoms with van der Waals surface area (Å²) in [6, 6.07) is 2.65. The third-order valence-corrected chi connectivity index (χ3v) is 3.26. The Bertz CT molecular complexity index is 283. The second-order valence-corrected chi connectivity index (χ2v) is 4.48. The van der Waals surface area contributed by atoms with E-state index < -0.39 is 0 Å². The molecule has 1 aliphatic heterocycles. The molecule has 16 heavy (non-hydrogen) atoms. The topological polar surface area (TPSA) is 33.1 Å². The minimum Gasteiger partial charge on any atom is -0.313 e. The van der Waals surface area contributed by atoms with Crippen LogP contribution in [0.4, 0.5) is 0 Å². The second-order valence-electron chi connectivity index (χ2n) is 4.48. The van der Waals surface area contributed by atoms with Gasteiger partial charge in [-0.05, 0) is 32.0 Å². The van der Waals surface area contributed by atoms with E-state index in [1.165, 1.54) is 25.9 Å². The minimum atomic E-state index is 0.667. The van der Waals surface area contributed by atoms with Crippen molar-refractivity contribution in [3.05, 3.63) is 18.5 Å². The van der Waals surface area contributed by atoms with Crippen LogP contribution in [0.2, 0.25) is 0 Å². The Kier molecular flexibility index (Phi) is 4.36. The zero-order chi connectivity index (χ0) is 11.2. The molecule has 4 heteroatoms. The van der Waals surface area contributed by atoms with E-state index in [1.807, 2.05) is 23.1 Å². The number of hydrogen-bond acceptors (Lipinski definition) is 3. The van der Waals surface area contributed by atoms with Crippen molar-refractivity contribution >= 4 is 0 Å². The third kappa shape index (κ3) is 3.32. The highest BCUT2D eigenvalue weighted by atomic mass is 15.3. The number of nitrogens with one attached hydrogen (secondary N) is 1. The summed E-state index contributed by atoms with van der Waals surface area (Å²) in [7, 11) is 0. The van der Waals surface area contributed by atoms with Crippen LogP contribution in [0.5, 0.6) is 0 Å².